The summed E-state index contributed by atoms with van der Waals surface area (Å²) < 4.78 is 10.7. The molecular formula is C12H24N2O3. The van der Waals surface area contributed by atoms with Crippen LogP contribution in [0.25, 0.3) is 0 Å². The molecule has 0 bridgehead atoms. The second-order valence-corrected chi connectivity index (χ2v) is 4.52. The lowest BCUT2D eigenvalue weighted by molar-refractivity contribution is -0.125. The van der Waals surface area contributed by atoms with Gasteiger partial charge in [0.25, 0.3) is 0 Å². The van der Waals surface area contributed by atoms with Gasteiger partial charge >= 0.3 is 0 Å². The van der Waals surface area contributed by atoms with Crippen molar-refractivity contribution in [3.8, 4) is 0 Å². The molecule has 17 heavy (non-hydrogen) atoms. The molecule has 1 saturated heterocycles. The number of rotatable bonds is 7. The number of carbonyl (C=O) groups excluding carboxylic acids is 1. The molecule has 1 heterocycles. The van der Waals surface area contributed by atoms with Gasteiger partial charge in [-0.2, -0.15) is 0 Å². The van der Waals surface area contributed by atoms with Crippen molar-refractivity contribution in [3.05, 3.63) is 0 Å². The zero-order chi connectivity index (χ0) is 12.7. The Hall–Kier alpha value is -0.650. The molecule has 100 valence electrons. The first-order valence-electron chi connectivity index (χ1n) is 6.35. The molecule has 2 N–H and O–H groups in total. The standard InChI is InChI=1S/C12H24N2O3/c1-4-13-11-8-16-7-10(11)12(15)14-5-6-17-9(2)3/h9-11,13H,4-8H2,1-3H3,(H,14,15). The van der Waals surface area contributed by atoms with E-state index >= 15 is 0 Å². The topological polar surface area (TPSA) is 59.6 Å². The van der Waals surface area contributed by atoms with Gasteiger partial charge in [0.05, 0.1) is 31.8 Å². The third-order valence-electron chi connectivity index (χ3n) is 2.74. The van der Waals surface area contributed by atoms with Crippen LogP contribution in [-0.2, 0) is 14.3 Å². The summed E-state index contributed by atoms with van der Waals surface area (Å²) in [6, 6.07) is 0.144. The number of hydrogen-bond donors (Lipinski definition) is 2. The smallest absolute Gasteiger partial charge is 0.227 e. The summed E-state index contributed by atoms with van der Waals surface area (Å²) in [6.45, 7) is 9.10. The predicted molar refractivity (Wildman–Crippen MR) is 65.9 cm³/mol. The molecule has 2 unspecified atom stereocenters. The number of hydrogen-bond acceptors (Lipinski definition) is 4. The highest BCUT2D eigenvalue weighted by molar-refractivity contribution is 5.79. The summed E-state index contributed by atoms with van der Waals surface area (Å²) in [7, 11) is 0. The fourth-order valence-corrected chi connectivity index (χ4v) is 1.88. The van der Waals surface area contributed by atoms with E-state index in [1.54, 1.807) is 0 Å². The van der Waals surface area contributed by atoms with Gasteiger partial charge < -0.3 is 20.1 Å². The molecule has 1 aliphatic heterocycles. The molecular weight excluding hydrogens is 220 g/mol. The summed E-state index contributed by atoms with van der Waals surface area (Å²) in [5.74, 6) is -0.0187. The van der Waals surface area contributed by atoms with Crippen molar-refractivity contribution in [1.29, 1.82) is 0 Å². The first-order valence-corrected chi connectivity index (χ1v) is 6.35. The Morgan fingerprint density at radius 1 is 1.47 bits per heavy atom. The van der Waals surface area contributed by atoms with Crippen molar-refractivity contribution in [3.63, 3.8) is 0 Å². The third-order valence-corrected chi connectivity index (χ3v) is 2.74. The lowest BCUT2D eigenvalue weighted by Crippen LogP contribution is -2.44. The normalized spacial score (nSPS) is 24.2. The monoisotopic (exact) mass is 244 g/mol. The highest BCUT2D eigenvalue weighted by Gasteiger charge is 2.33. The predicted octanol–water partition coefficient (Wildman–Crippen LogP) is 0.152. The van der Waals surface area contributed by atoms with Gasteiger partial charge in [-0.15, -0.1) is 0 Å². The second kappa shape index (κ2) is 7.63. The van der Waals surface area contributed by atoms with Crippen LogP contribution in [0.4, 0.5) is 0 Å². The van der Waals surface area contributed by atoms with Crippen LogP contribution in [0.2, 0.25) is 0 Å². The Bertz CT molecular complexity index is 234. The molecule has 0 aliphatic carbocycles. The van der Waals surface area contributed by atoms with Gasteiger partial charge in [0.1, 0.15) is 0 Å². The van der Waals surface area contributed by atoms with Crippen molar-refractivity contribution in [2.45, 2.75) is 32.9 Å². The minimum atomic E-state index is -0.0750. The first-order chi connectivity index (χ1) is 8.15. The van der Waals surface area contributed by atoms with E-state index in [0.717, 1.165) is 6.54 Å². The van der Waals surface area contributed by atoms with Crippen molar-refractivity contribution in [1.82, 2.24) is 10.6 Å². The van der Waals surface area contributed by atoms with Crippen LogP contribution in [0.5, 0.6) is 0 Å². The van der Waals surface area contributed by atoms with Gasteiger partial charge in [-0.1, -0.05) is 6.92 Å². The van der Waals surface area contributed by atoms with Gasteiger partial charge in [0, 0.05) is 12.6 Å². The average molecular weight is 244 g/mol. The van der Waals surface area contributed by atoms with E-state index in [9.17, 15) is 4.79 Å². The number of amides is 1. The van der Waals surface area contributed by atoms with Crippen molar-refractivity contribution in [2.24, 2.45) is 5.92 Å². The van der Waals surface area contributed by atoms with E-state index in [0.29, 0.717) is 26.4 Å². The summed E-state index contributed by atoms with van der Waals surface area (Å²) in [5.41, 5.74) is 0. The van der Waals surface area contributed by atoms with E-state index in [2.05, 4.69) is 10.6 Å². The van der Waals surface area contributed by atoms with Crippen LogP contribution >= 0.6 is 0 Å². The number of likely N-dealkylation sites (N-methyl/N-ethyl adjacent to an activating group) is 1. The van der Waals surface area contributed by atoms with Crippen LogP contribution in [-0.4, -0.2) is 51.0 Å². The highest BCUT2D eigenvalue weighted by Crippen LogP contribution is 2.13. The molecule has 5 heteroatoms. The third kappa shape index (κ3) is 5.02. The Balaban J connectivity index is 2.22. The summed E-state index contributed by atoms with van der Waals surface area (Å²) >= 11 is 0. The maximum absolute atomic E-state index is 11.9. The Morgan fingerprint density at radius 3 is 2.88 bits per heavy atom. The Morgan fingerprint density at radius 2 is 2.24 bits per heavy atom. The molecule has 2 atom stereocenters. The quantitative estimate of drug-likeness (QED) is 0.626. The molecule has 0 aromatic heterocycles. The molecule has 1 fully saturated rings. The lowest BCUT2D eigenvalue weighted by Gasteiger charge is -2.18. The summed E-state index contributed by atoms with van der Waals surface area (Å²) in [4.78, 5) is 11.9. The molecule has 0 aromatic rings. The molecule has 0 aromatic carbocycles. The minimum absolute atomic E-state index is 0.0563. The van der Waals surface area contributed by atoms with E-state index < -0.39 is 0 Å². The number of nitrogens with one attached hydrogen (secondary N) is 2. The van der Waals surface area contributed by atoms with Gasteiger partial charge in [-0.25, -0.2) is 0 Å². The molecule has 1 amide bonds. The fourth-order valence-electron chi connectivity index (χ4n) is 1.88. The Kier molecular flexibility index (Phi) is 6.47. The molecule has 1 rings (SSSR count). The maximum atomic E-state index is 11.9. The minimum Gasteiger partial charge on any atom is -0.379 e. The molecule has 0 radical (unpaired) electrons. The largest absolute Gasteiger partial charge is 0.379 e. The van der Waals surface area contributed by atoms with Crippen molar-refractivity contribution >= 4 is 5.91 Å². The summed E-state index contributed by atoms with van der Waals surface area (Å²) in [5, 5.41) is 6.15. The van der Waals surface area contributed by atoms with Crippen LogP contribution in [0.15, 0.2) is 0 Å². The zero-order valence-electron chi connectivity index (χ0n) is 11.0. The number of ether oxygens (including phenoxy) is 2. The average Bonchev–Trinajstić information content (AvgIpc) is 2.72. The molecule has 1 aliphatic rings. The van der Waals surface area contributed by atoms with E-state index in [1.807, 2.05) is 20.8 Å². The van der Waals surface area contributed by atoms with Gasteiger partial charge in [-0.3, -0.25) is 4.79 Å². The summed E-state index contributed by atoms with van der Waals surface area (Å²) in [6.07, 6.45) is 0.205. The van der Waals surface area contributed by atoms with Crippen molar-refractivity contribution < 1.29 is 14.3 Å². The molecule has 0 saturated carbocycles. The van der Waals surface area contributed by atoms with Gasteiger partial charge in [-0.05, 0) is 20.4 Å². The van der Waals surface area contributed by atoms with E-state index in [-0.39, 0.29) is 24.0 Å². The Labute approximate surface area is 103 Å². The van der Waals surface area contributed by atoms with Crippen LogP contribution in [0.3, 0.4) is 0 Å². The molecule has 5 nitrogen and oxygen atoms in total. The SMILES string of the molecule is CCNC1COCC1C(=O)NCCOC(C)C. The maximum Gasteiger partial charge on any atom is 0.227 e. The fraction of sp³-hybridized carbons (Fsp3) is 0.917. The van der Waals surface area contributed by atoms with E-state index in [4.69, 9.17) is 9.47 Å². The van der Waals surface area contributed by atoms with Crippen LogP contribution in [0, 0.1) is 5.92 Å². The van der Waals surface area contributed by atoms with Crippen LogP contribution < -0.4 is 10.6 Å². The molecule has 0 spiro atoms. The van der Waals surface area contributed by atoms with Gasteiger partial charge in [0.2, 0.25) is 5.91 Å². The number of carbonyl (C=O) groups is 1. The lowest BCUT2D eigenvalue weighted by atomic mass is 10.0. The van der Waals surface area contributed by atoms with E-state index in [1.165, 1.54) is 0 Å². The second-order valence-electron chi connectivity index (χ2n) is 4.52. The van der Waals surface area contributed by atoms with Crippen molar-refractivity contribution in [2.75, 3.05) is 32.9 Å². The zero-order valence-corrected chi connectivity index (χ0v) is 11.0. The van der Waals surface area contributed by atoms with Gasteiger partial charge in [0.15, 0.2) is 0 Å². The van der Waals surface area contributed by atoms with Crippen LogP contribution in [0.1, 0.15) is 20.8 Å². The highest BCUT2D eigenvalue weighted by atomic mass is 16.5. The first kappa shape index (κ1) is 14.4.